The van der Waals surface area contributed by atoms with E-state index in [0.29, 0.717) is 6.42 Å². The molecule has 1 unspecified atom stereocenters. The van der Waals surface area contributed by atoms with Crippen LogP contribution < -0.4 is 10.5 Å². The number of hydrogen-bond donors (Lipinski definition) is 4. The monoisotopic (exact) mass is 316 g/mol. The molecule has 1 rings (SSSR count). The smallest absolute Gasteiger partial charge is 0.337 e. The van der Waals surface area contributed by atoms with Crippen molar-refractivity contribution >= 4 is 21.7 Å². The van der Waals surface area contributed by atoms with E-state index in [0.717, 1.165) is 12.1 Å². The Morgan fingerprint density at radius 2 is 2.00 bits per heavy atom. The Labute approximate surface area is 123 Å². The quantitative estimate of drug-likeness (QED) is 0.547. The van der Waals surface area contributed by atoms with Crippen molar-refractivity contribution in [1.82, 2.24) is 4.72 Å². The molecule has 1 aromatic rings. The van der Waals surface area contributed by atoms with E-state index in [4.69, 9.17) is 10.8 Å². The van der Waals surface area contributed by atoms with Gasteiger partial charge in [0.2, 0.25) is 10.0 Å². The molecule has 7 nitrogen and oxygen atoms in total. The molecule has 0 aliphatic heterocycles. The number of anilines is 1. The van der Waals surface area contributed by atoms with Gasteiger partial charge in [-0.3, -0.25) is 0 Å². The lowest BCUT2D eigenvalue weighted by Crippen LogP contribution is -2.38. The zero-order valence-corrected chi connectivity index (χ0v) is 12.7. The zero-order valence-electron chi connectivity index (χ0n) is 11.9. The van der Waals surface area contributed by atoms with Gasteiger partial charge in [0.1, 0.15) is 0 Å². The predicted octanol–water partition coefficient (Wildman–Crippen LogP) is 0.652. The molecule has 21 heavy (non-hydrogen) atoms. The first-order valence-electron chi connectivity index (χ1n) is 6.43. The highest BCUT2D eigenvalue weighted by Crippen LogP contribution is 2.20. The van der Waals surface area contributed by atoms with Crippen LogP contribution >= 0.6 is 0 Å². The molecule has 0 aliphatic carbocycles. The fraction of sp³-hybridized carbons (Fsp3) is 0.462. The second kappa shape index (κ2) is 6.88. The molecular weight excluding hydrogens is 296 g/mol. The summed E-state index contributed by atoms with van der Waals surface area (Å²) in [6.45, 7) is 3.42. The van der Waals surface area contributed by atoms with E-state index in [9.17, 15) is 18.3 Å². The number of hydrogen-bond acceptors (Lipinski definition) is 5. The van der Waals surface area contributed by atoms with Crippen LogP contribution in [0.4, 0.5) is 5.69 Å². The number of aliphatic hydroxyl groups is 1. The van der Waals surface area contributed by atoms with Crippen molar-refractivity contribution in [2.45, 2.75) is 31.2 Å². The lowest BCUT2D eigenvalue weighted by molar-refractivity contribution is 0.0692. The third-order valence-electron chi connectivity index (χ3n) is 2.82. The standard InChI is InChI=1S/C13H20N2O5S/c1-8(2)5-10(7-16)15-21(19,20)12-4-3-9(14)6-11(12)13(17)18/h3-4,6,8,10,15-16H,5,7,14H2,1-2H3,(H,17,18). The van der Waals surface area contributed by atoms with Gasteiger partial charge in [-0.1, -0.05) is 13.8 Å². The molecular formula is C13H20N2O5S. The van der Waals surface area contributed by atoms with Crippen LogP contribution in [0.15, 0.2) is 23.1 Å². The number of carbonyl (C=O) groups is 1. The molecule has 0 bridgehead atoms. The van der Waals surface area contributed by atoms with E-state index in [2.05, 4.69) is 4.72 Å². The largest absolute Gasteiger partial charge is 0.478 e. The zero-order chi connectivity index (χ0) is 16.2. The van der Waals surface area contributed by atoms with Crippen LogP contribution in [0, 0.1) is 5.92 Å². The third kappa shape index (κ3) is 4.69. The van der Waals surface area contributed by atoms with Crippen molar-refractivity contribution in [3.05, 3.63) is 23.8 Å². The van der Waals surface area contributed by atoms with Gasteiger partial charge in [0.05, 0.1) is 17.1 Å². The molecule has 8 heteroatoms. The van der Waals surface area contributed by atoms with Crippen molar-refractivity contribution in [1.29, 1.82) is 0 Å². The van der Waals surface area contributed by atoms with Gasteiger partial charge >= 0.3 is 5.97 Å². The summed E-state index contributed by atoms with van der Waals surface area (Å²) in [4.78, 5) is 10.8. The molecule has 0 aliphatic rings. The number of nitrogens with two attached hydrogens (primary N) is 1. The van der Waals surface area contributed by atoms with Crippen LogP contribution in [0.5, 0.6) is 0 Å². The minimum absolute atomic E-state index is 0.159. The van der Waals surface area contributed by atoms with Crippen molar-refractivity contribution in [3.63, 3.8) is 0 Å². The molecule has 0 radical (unpaired) electrons. The molecule has 1 atom stereocenters. The molecule has 118 valence electrons. The van der Waals surface area contributed by atoms with Crippen LogP contribution in [-0.2, 0) is 10.0 Å². The topological polar surface area (TPSA) is 130 Å². The van der Waals surface area contributed by atoms with E-state index in [1.807, 2.05) is 13.8 Å². The van der Waals surface area contributed by atoms with Crippen LogP contribution in [-0.4, -0.2) is 37.2 Å². The minimum Gasteiger partial charge on any atom is -0.478 e. The van der Waals surface area contributed by atoms with Gasteiger partial charge in [0.25, 0.3) is 0 Å². The van der Waals surface area contributed by atoms with E-state index >= 15 is 0 Å². The Morgan fingerprint density at radius 3 is 2.48 bits per heavy atom. The van der Waals surface area contributed by atoms with E-state index in [1.54, 1.807) is 0 Å². The molecule has 0 heterocycles. The molecule has 0 aromatic heterocycles. The molecule has 0 fully saturated rings. The third-order valence-corrected chi connectivity index (χ3v) is 4.40. The van der Waals surface area contributed by atoms with Gasteiger partial charge in [0.15, 0.2) is 0 Å². The average molecular weight is 316 g/mol. The molecule has 5 N–H and O–H groups in total. The lowest BCUT2D eigenvalue weighted by atomic mass is 10.1. The number of nitrogen functional groups attached to an aromatic ring is 1. The maximum atomic E-state index is 12.3. The lowest BCUT2D eigenvalue weighted by Gasteiger charge is -2.19. The first-order chi connectivity index (χ1) is 9.67. The van der Waals surface area contributed by atoms with Crippen molar-refractivity contribution < 1.29 is 23.4 Å². The summed E-state index contributed by atoms with van der Waals surface area (Å²) >= 11 is 0. The predicted molar refractivity (Wildman–Crippen MR) is 78.5 cm³/mol. The average Bonchev–Trinajstić information content (AvgIpc) is 2.36. The van der Waals surface area contributed by atoms with Gasteiger partial charge in [-0.05, 0) is 30.5 Å². The van der Waals surface area contributed by atoms with Crippen LogP contribution in [0.2, 0.25) is 0 Å². The number of aromatic carboxylic acids is 1. The van der Waals surface area contributed by atoms with Crippen LogP contribution in [0.3, 0.4) is 0 Å². The van der Waals surface area contributed by atoms with Crippen LogP contribution in [0.1, 0.15) is 30.6 Å². The maximum absolute atomic E-state index is 12.3. The molecule has 0 saturated carbocycles. The Balaban J connectivity index is 3.16. The highest BCUT2D eigenvalue weighted by Gasteiger charge is 2.25. The summed E-state index contributed by atoms with van der Waals surface area (Å²) in [7, 11) is -4.06. The summed E-state index contributed by atoms with van der Waals surface area (Å²) in [6, 6.07) is 2.88. The first kappa shape index (κ1) is 17.4. The summed E-state index contributed by atoms with van der Waals surface area (Å²) in [5, 5.41) is 18.3. The summed E-state index contributed by atoms with van der Waals surface area (Å²) in [6.07, 6.45) is 0.438. The minimum atomic E-state index is -4.06. The van der Waals surface area contributed by atoms with Crippen molar-refractivity contribution in [2.75, 3.05) is 12.3 Å². The molecule has 1 aromatic carbocycles. The SMILES string of the molecule is CC(C)CC(CO)NS(=O)(=O)c1ccc(N)cc1C(=O)O. The van der Waals surface area contributed by atoms with Gasteiger partial charge in [0, 0.05) is 11.7 Å². The summed E-state index contributed by atoms with van der Waals surface area (Å²) in [5.74, 6) is -1.21. The Morgan fingerprint density at radius 1 is 1.38 bits per heavy atom. The van der Waals surface area contributed by atoms with E-state index < -0.39 is 27.6 Å². The number of carboxylic acids is 1. The summed E-state index contributed by atoms with van der Waals surface area (Å²) in [5.41, 5.74) is 5.24. The van der Waals surface area contributed by atoms with Gasteiger partial charge in [-0.2, -0.15) is 0 Å². The van der Waals surface area contributed by atoms with Gasteiger partial charge in [-0.15, -0.1) is 0 Å². The highest BCUT2D eigenvalue weighted by molar-refractivity contribution is 7.89. The number of rotatable bonds is 7. The number of carboxylic acid groups (broad SMARTS) is 1. The van der Waals surface area contributed by atoms with Gasteiger partial charge < -0.3 is 15.9 Å². The van der Waals surface area contributed by atoms with E-state index in [1.165, 1.54) is 6.07 Å². The number of benzene rings is 1. The second-order valence-corrected chi connectivity index (χ2v) is 6.87. The normalized spacial score (nSPS) is 13.3. The second-order valence-electron chi connectivity index (χ2n) is 5.19. The Hall–Kier alpha value is -1.64. The fourth-order valence-corrected chi connectivity index (χ4v) is 3.38. The maximum Gasteiger partial charge on any atom is 0.337 e. The molecule has 0 spiro atoms. The number of sulfonamides is 1. The molecule has 0 saturated heterocycles. The molecule has 0 amide bonds. The van der Waals surface area contributed by atoms with Crippen molar-refractivity contribution in [3.8, 4) is 0 Å². The Bertz CT molecular complexity index is 613. The fourth-order valence-electron chi connectivity index (χ4n) is 1.96. The summed E-state index contributed by atoms with van der Waals surface area (Å²) < 4.78 is 26.9. The number of aliphatic hydroxyl groups excluding tert-OH is 1. The highest BCUT2D eigenvalue weighted by atomic mass is 32.2. The van der Waals surface area contributed by atoms with Crippen LogP contribution in [0.25, 0.3) is 0 Å². The first-order valence-corrected chi connectivity index (χ1v) is 7.91. The van der Waals surface area contributed by atoms with Gasteiger partial charge in [-0.25, -0.2) is 17.9 Å². The van der Waals surface area contributed by atoms with E-state index in [-0.39, 0.29) is 23.1 Å². The Kier molecular flexibility index (Phi) is 5.70. The van der Waals surface area contributed by atoms with Crippen molar-refractivity contribution in [2.24, 2.45) is 5.92 Å². The number of nitrogens with one attached hydrogen (secondary N) is 1.